The maximum Gasteiger partial charge on any atom is 0.325 e. The number of rotatable bonds is 3. The van der Waals surface area contributed by atoms with Crippen molar-refractivity contribution in [3.8, 4) is 22.8 Å². The van der Waals surface area contributed by atoms with Gasteiger partial charge in [-0.3, -0.25) is 5.32 Å². The minimum Gasteiger partial charge on any atom is -0.454 e. The number of nitrogens with zero attached hydrogens (tertiary/aromatic N) is 1. The summed E-state index contributed by atoms with van der Waals surface area (Å²) in [7, 11) is 0. The number of fused-ring (bicyclic) bond motifs is 1. The smallest absolute Gasteiger partial charge is 0.325 e. The van der Waals surface area contributed by atoms with E-state index in [-0.39, 0.29) is 12.8 Å². The van der Waals surface area contributed by atoms with E-state index in [0.717, 1.165) is 16.8 Å². The average molecular weight is 367 g/mol. The molecule has 2 N–H and O–H groups in total. The lowest BCUT2D eigenvalue weighted by atomic mass is 10.0. The number of thiazole rings is 1. The number of urea groups is 1. The minimum absolute atomic E-state index is 0.200. The first-order chi connectivity index (χ1) is 12.6. The highest BCUT2D eigenvalue weighted by molar-refractivity contribution is 7.14. The van der Waals surface area contributed by atoms with Crippen molar-refractivity contribution in [2.45, 2.75) is 13.8 Å². The first-order valence-electron chi connectivity index (χ1n) is 8.09. The van der Waals surface area contributed by atoms with Crippen molar-refractivity contribution in [3.05, 3.63) is 52.9 Å². The summed E-state index contributed by atoms with van der Waals surface area (Å²) < 4.78 is 10.6. The Morgan fingerprint density at radius 1 is 1.08 bits per heavy atom. The van der Waals surface area contributed by atoms with Crippen molar-refractivity contribution in [3.63, 3.8) is 0 Å². The second kappa shape index (κ2) is 6.68. The fourth-order valence-corrected chi connectivity index (χ4v) is 3.41. The molecular weight excluding hydrogens is 350 g/mol. The Hall–Kier alpha value is -3.06. The van der Waals surface area contributed by atoms with Gasteiger partial charge in [0.1, 0.15) is 0 Å². The molecule has 1 aliphatic rings. The Morgan fingerprint density at radius 2 is 1.92 bits per heavy atom. The molecule has 132 valence electrons. The molecule has 0 unspecified atom stereocenters. The molecule has 2 amide bonds. The second-order valence-corrected chi connectivity index (χ2v) is 6.86. The number of hydrogen-bond donors (Lipinski definition) is 2. The Morgan fingerprint density at radius 3 is 2.81 bits per heavy atom. The number of carbonyl (C=O) groups is 1. The summed E-state index contributed by atoms with van der Waals surface area (Å²) in [6, 6.07) is 11.1. The van der Waals surface area contributed by atoms with Crippen LogP contribution in [0.5, 0.6) is 11.5 Å². The van der Waals surface area contributed by atoms with Gasteiger partial charge in [-0.15, -0.1) is 11.3 Å². The zero-order valence-corrected chi connectivity index (χ0v) is 15.1. The van der Waals surface area contributed by atoms with Crippen LogP contribution in [-0.2, 0) is 0 Å². The van der Waals surface area contributed by atoms with Gasteiger partial charge in [0, 0.05) is 22.7 Å². The number of ether oxygens (including phenoxy) is 2. The van der Waals surface area contributed by atoms with Gasteiger partial charge in [0.2, 0.25) is 6.79 Å². The predicted molar refractivity (Wildman–Crippen MR) is 102 cm³/mol. The SMILES string of the molecule is Cc1ccc(C)c(-c2csc(NC(=O)Nc3ccc4c(c3)OCO4)n2)c1. The number of anilines is 2. The van der Waals surface area contributed by atoms with Crippen LogP contribution in [0.1, 0.15) is 11.1 Å². The zero-order chi connectivity index (χ0) is 18.1. The van der Waals surface area contributed by atoms with Crippen molar-refractivity contribution >= 4 is 28.2 Å². The predicted octanol–water partition coefficient (Wildman–Crippen LogP) is 4.80. The maximum absolute atomic E-state index is 12.2. The molecule has 0 saturated heterocycles. The number of carbonyl (C=O) groups excluding carboxylic acids is 1. The molecule has 7 heteroatoms. The lowest BCUT2D eigenvalue weighted by Crippen LogP contribution is -2.19. The monoisotopic (exact) mass is 367 g/mol. The first kappa shape index (κ1) is 16.4. The average Bonchev–Trinajstić information content (AvgIpc) is 3.25. The highest BCUT2D eigenvalue weighted by atomic mass is 32.1. The van der Waals surface area contributed by atoms with E-state index in [1.54, 1.807) is 18.2 Å². The number of amides is 2. The maximum atomic E-state index is 12.2. The van der Waals surface area contributed by atoms with Gasteiger partial charge in [-0.05, 0) is 37.6 Å². The molecule has 1 aromatic heterocycles. The van der Waals surface area contributed by atoms with E-state index in [1.165, 1.54) is 16.9 Å². The van der Waals surface area contributed by atoms with Crippen molar-refractivity contribution in [1.82, 2.24) is 4.98 Å². The van der Waals surface area contributed by atoms with Gasteiger partial charge in [-0.1, -0.05) is 17.7 Å². The lowest BCUT2D eigenvalue weighted by Gasteiger charge is -2.06. The second-order valence-electron chi connectivity index (χ2n) is 6.00. The van der Waals surface area contributed by atoms with E-state index in [9.17, 15) is 4.79 Å². The van der Waals surface area contributed by atoms with Gasteiger partial charge < -0.3 is 14.8 Å². The van der Waals surface area contributed by atoms with Crippen molar-refractivity contribution in [2.75, 3.05) is 17.4 Å². The molecule has 3 aromatic rings. The summed E-state index contributed by atoms with van der Waals surface area (Å²) in [5.74, 6) is 1.29. The molecule has 0 saturated carbocycles. The van der Waals surface area contributed by atoms with Crippen LogP contribution < -0.4 is 20.1 Å². The van der Waals surface area contributed by atoms with E-state index in [2.05, 4.69) is 33.8 Å². The van der Waals surface area contributed by atoms with Gasteiger partial charge in [0.15, 0.2) is 16.6 Å². The molecule has 0 aliphatic carbocycles. The van der Waals surface area contributed by atoms with Crippen LogP contribution in [0.2, 0.25) is 0 Å². The van der Waals surface area contributed by atoms with Gasteiger partial charge in [0.25, 0.3) is 0 Å². The Bertz CT molecular complexity index is 984. The molecule has 0 bridgehead atoms. The van der Waals surface area contributed by atoms with Crippen molar-refractivity contribution in [2.24, 2.45) is 0 Å². The molecular formula is C19H17N3O3S. The van der Waals surface area contributed by atoms with Crippen LogP contribution in [0.4, 0.5) is 15.6 Å². The molecule has 26 heavy (non-hydrogen) atoms. The van der Waals surface area contributed by atoms with Crippen LogP contribution in [-0.4, -0.2) is 17.8 Å². The summed E-state index contributed by atoms with van der Waals surface area (Å²) in [6.07, 6.45) is 0. The Labute approximate surface area is 154 Å². The van der Waals surface area contributed by atoms with Gasteiger partial charge in [0.05, 0.1) is 5.69 Å². The third-order valence-corrected chi connectivity index (χ3v) is 4.78. The fourth-order valence-electron chi connectivity index (χ4n) is 2.70. The molecule has 0 spiro atoms. The molecule has 6 nitrogen and oxygen atoms in total. The summed E-state index contributed by atoms with van der Waals surface area (Å²) >= 11 is 1.39. The van der Waals surface area contributed by atoms with Gasteiger partial charge >= 0.3 is 6.03 Å². The number of benzene rings is 2. The standard InChI is InChI=1S/C19H17N3O3S/c1-11-3-4-12(2)14(7-11)15-9-26-19(21-15)22-18(23)20-13-5-6-16-17(8-13)25-10-24-16/h3-9H,10H2,1-2H3,(H2,20,21,22,23). The van der Waals surface area contributed by atoms with E-state index in [4.69, 9.17) is 9.47 Å². The van der Waals surface area contributed by atoms with Crippen LogP contribution in [0.3, 0.4) is 0 Å². The van der Waals surface area contributed by atoms with Crippen molar-refractivity contribution < 1.29 is 14.3 Å². The minimum atomic E-state index is -0.356. The third-order valence-electron chi connectivity index (χ3n) is 4.02. The highest BCUT2D eigenvalue weighted by Crippen LogP contribution is 2.34. The molecule has 2 aromatic carbocycles. The Balaban J connectivity index is 1.45. The molecule has 1 aliphatic heterocycles. The van der Waals surface area contributed by atoms with E-state index >= 15 is 0 Å². The largest absolute Gasteiger partial charge is 0.454 e. The normalized spacial score (nSPS) is 12.1. The first-order valence-corrected chi connectivity index (χ1v) is 8.97. The summed E-state index contributed by atoms with van der Waals surface area (Å²) in [5.41, 5.74) is 4.88. The molecule has 0 atom stereocenters. The van der Waals surface area contributed by atoms with Gasteiger partial charge in [-0.2, -0.15) is 0 Å². The van der Waals surface area contributed by atoms with E-state index < -0.39 is 0 Å². The van der Waals surface area contributed by atoms with Crippen LogP contribution in [0.15, 0.2) is 41.8 Å². The van der Waals surface area contributed by atoms with Gasteiger partial charge in [-0.25, -0.2) is 9.78 Å². The van der Waals surface area contributed by atoms with Crippen LogP contribution in [0, 0.1) is 13.8 Å². The number of hydrogen-bond acceptors (Lipinski definition) is 5. The lowest BCUT2D eigenvalue weighted by molar-refractivity contribution is 0.174. The topological polar surface area (TPSA) is 72.5 Å². The van der Waals surface area contributed by atoms with Crippen LogP contribution >= 0.6 is 11.3 Å². The third kappa shape index (κ3) is 3.34. The molecule has 4 rings (SSSR count). The molecule has 0 radical (unpaired) electrons. The number of aryl methyl sites for hydroxylation is 2. The Kier molecular flexibility index (Phi) is 4.22. The molecule has 0 fully saturated rings. The van der Waals surface area contributed by atoms with E-state index in [1.807, 2.05) is 19.2 Å². The number of nitrogens with one attached hydrogen (secondary N) is 2. The van der Waals surface area contributed by atoms with Crippen molar-refractivity contribution in [1.29, 1.82) is 0 Å². The summed E-state index contributed by atoms with van der Waals surface area (Å²) in [5, 5.41) is 8.02. The van der Waals surface area contributed by atoms with E-state index in [0.29, 0.717) is 22.3 Å². The highest BCUT2D eigenvalue weighted by Gasteiger charge is 2.15. The zero-order valence-electron chi connectivity index (χ0n) is 14.3. The number of aromatic nitrogens is 1. The summed E-state index contributed by atoms with van der Waals surface area (Å²) in [6.45, 7) is 4.30. The quantitative estimate of drug-likeness (QED) is 0.697. The fraction of sp³-hybridized carbons (Fsp3) is 0.158. The summed E-state index contributed by atoms with van der Waals surface area (Å²) in [4.78, 5) is 16.7. The van der Waals surface area contributed by atoms with Crippen LogP contribution in [0.25, 0.3) is 11.3 Å². The molecule has 2 heterocycles.